The van der Waals surface area contributed by atoms with E-state index in [-0.39, 0.29) is 25.7 Å². The Labute approximate surface area is 561 Å². The summed E-state index contributed by atoms with van der Waals surface area (Å²) in [6, 6.07) is 0. The van der Waals surface area contributed by atoms with Gasteiger partial charge in [0.1, 0.15) is 19.3 Å². The first-order valence-corrected chi connectivity index (χ1v) is 40.4. The second-order valence-corrected chi connectivity index (χ2v) is 29.0. The van der Waals surface area contributed by atoms with Crippen LogP contribution in [0.2, 0.25) is 0 Å². The van der Waals surface area contributed by atoms with Crippen LogP contribution < -0.4 is 0 Å². The van der Waals surface area contributed by atoms with E-state index in [4.69, 9.17) is 37.0 Å². The highest BCUT2D eigenvalue weighted by Gasteiger charge is 2.30. The Morgan fingerprint density at radius 1 is 0.337 bits per heavy atom. The number of aliphatic hydroxyl groups is 1. The predicted molar refractivity (Wildman–Crippen MR) is 372 cm³/mol. The zero-order valence-electron chi connectivity index (χ0n) is 59.2. The fourth-order valence-electron chi connectivity index (χ4n) is 10.6. The van der Waals surface area contributed by atoms with Crippen molar-refractivity contribution in [1.29, 1.82) is 0 Å². The van der Waals surface area contributed by atoms with E-state index in [0.717, 1.165) is 128 Å². The number of hydrogen-bond donors (Lipinski definition) is 3. The van der Waals surface area contributed by atoms with Crippen molar-refractivity contribution >= 4 is 39.5 Å². The van der Waals surface area contributed by atoms with E-state index in [0.29, 0.717) is 25.7 Å². The molecule has 3 N–H and O–H groups in total. The van der Waals surface area contributed by atoms with Gasteiger partial charge in [-0.05, 0) is 57.3 Å². The number of rotatable bonds is 71. The number of ether oxygens (including phenoxy) is 4. The van der Waals surface area contributed by atoms with Gasteiger partial charge in [-0.1, -0.05) is 303 Å². The third-order valence-corrected chi connectivity index (χ3v) is 18.3. The molecular formula is C73H138O17P2. The number of allylic oxidation sites excluding steroid dienone is 4. The highest BCUT2D eigenvalue weighted by Crippen LogP contribution is 2.45. The molecule has 0 aromatic heterocycles. The zero-order chi connectivity index (χ0) is 67.7. The van der Waals surface area contributed by atoms with Crippen LogP contribution in [0, 0.1) is 5.92 Å². The van der Waals surface area contributed by atoms with Crippen LogP contribution in [-0.2, 0) is 65.4 Å². The molecule has 542 valence electrons. The number of hydrogen-bond acceptors (Lipinski definition) is 15. The number of unbranched alkanes of at least 4 members (excludes halogenated alkanes) is 40. The molecule has 0 aliphatic rings. The summed E-state index contributed by atoms with van der Waals surface area (Å²) in [6.45, 7) is 7.13. The highest BCUT2D eigenvalue weighted by atomic mass is 31.2. The largest absolute Gasteiger partial charge is 0.472 e. The maximum absolute atomic E-state index is 13.0. The molecule has 0 aromatic carbocycles. The Balaban J connectivity index is 5.23. The molecule has 0 aliphatic heterocycles. The molecule has 19 heteroatoms. The summed E-state index contributed by atoms with van der Waals surface area (Å²) in [5, 5.41) is 10.6. The van der Waals surface area contributed by atoms with Crippen molar-refractivity contribution in [2.75, 3.05) is 39.6 Å². The lowest BCUT2D eigenvalue weighted by Gasteiger charge is -2.21. The minimum Gasteiger partial charge on any atom is -0.462 e. The fraction of sp³-hybridized carbons (Fsp3) is 0.890. The van der Waals surface area contributed by atoms with Crippen LogP contribution in [0.25, 0.3) is 0 Å². The van der Waals surface area contributed by atoms with Gasteiger partial charge in [-0.25, -0.2) is 9.13 Å². The predicted octanol–water partition coefficient (Wildman–Crippen LogP) is 20.9. The Hall–Kier alpha value is -2.46. The van der Waals surface area contributed by atoms with Crippen molar-refractivity contribution in [3.05, 3.63) is 24.3 Å². The minimum atomic E-state index is -4.96. The van der Waals surface area contributed by atoms with E-state index in [1.807, 2.05) is 0 Å². The van der Waals surface area contributed by atoms with Gasteiger partial charge >= 0.3 is 39.5 Å². The van der Waals surface area contributed by atoms with Gasteiger partial charge in [0.2, 0.25) is 0 Å². The SMILES string of the molecule is CCCCCC/C=C\C=C/CCCCCCCC(=O)OC[C@H](COP(=O)(O)OC[C@@H](O)COP(=O)(O)OC[C@@H](COC(=O)CCCCCCCCC)OC(=O)CCCCCCCCCCCC(C)C)OC(=O)CCCCCCCCCCCCCCCCCCCC. The Morgan fingerprint density at radius 2 is 0.587 bits per heavy atom. The Bertz CT molecular complexity index is 1860. The summed E-state index contributed by atoms with van der Waals surface area (Å²) in [6.07, 6.45) is 56.5. The lowest BCUT2D eigenvalue weighted by molar-refractivity contribution is -0.161. The minimum absolute atomic E-state index is 0.102. The van der Waals surface area contributed by atoms with E-state index in [2.05, 4.69) is 58.9 Å². The lowest BCUT2D eigenvalue weighted by atomic mass is 10.0. The van der Waals surface area contributed by atoms with Crippen LogP contribution in [0.3, 0.4) is 0 Å². The van der Waals surface area contributed by atoms with Crippen molar-refractivity contribution in [3.8, 4) is 0 Å². The standard InChI is InChI=1S/C73H138O17P2/c1-6-9-12-15-18-20-22-24-26-27-28-30-32-34-38-43-48-53-58-72(77)90-69(63-84-71(76)57-52-47-42-37-33-31-29-25-23-21-19-16-13-10-7-2)65-88-92(81,82)86-61-67(74)60-85-91(79,80)87-64-68(62-83-70(75)56-51-46-40-17-14-11-8-3)89-73(78)59-54-49-44-39-35-36-41-45-50-55-66(4)5/h21,23,25,29,66-69,74H,6-20,22,24,26-28,30-65H2,1-5H3,(H,79,80)(H,81,82)/b23-21-,29-25-/t67-,68+,69+/m0/s1. The van der Waals surface area contributed by atoms with Crippen LogP contribution in [0.15, 0.2) is 24.3 Å². The first kappa shape index (κ1) is 89.5. The van der Waals surface area contributed by atoms with E-state index in [9.17, 15) is 43.2 Å². The van der Waals surface area contributed by atoms with Gasteiger partial charge < -0.3 is 33.8 Å². The van der Waals surface area contributed by atoms with Crippen molar-refractivity contribution in [1.82, 2.24) is 0 Å². The smallest absolute Gasteiger partial charge is 0.462 e. The molecule has 0 amide bonds. The molecule has 0 aromatic rings. The van der Waals surface area contributed by atoms with Gasteiger partial charge in [-0.15, -0.1) is 0 Å². The average Bonchev–Trinajstić information content (AvgIpc) is 1.83. The second-order valence-electron chi connectivity index (χ2n) is 26.1. The summed E-state index contributed by atoms with van der Waals surface area (Å²) in [4.78, 5) is 72.5. The second kappa shape index (κ2) is 65.8. The molecule has 0 heterocycles. The molecule has 0 aliphatic carbocycles. The van der Waals surface area contributed by atoms with Crippen molar-refractivity contribution < 1.29 is 80.2 Å². The summed E-state index contributed by atoms with van der Waals surface area (Å²) < 4.78 is 68.2. The molecule has 0 rings (SSSR count). The Kier molecular flexibility index (Phi) is 64.0. The maximum atomic E-state index is 13.0. The molecule has 2 unspecified atom stereocenters. The van der Waals surface area contributed by atoms with Crippen molar-refractivity contribution in [2.45, 2.75) is 374 Å². The third-order valence-electron chi connectivity index (χ3n) is 16.4. The number of esters is 4. The van der Waals surface area contributed by atoms with Gasteiger partial charge in [-0.3, -0.25) is 37.3 Å². The number of aliphatic hydroxyl groups excluding tert-OH is 1. The van der Waals surface area contributed by atoms with Gasteiger partial charge in [0.25, 0.3) is 0 Å². The third kappa shape index (κ3) is 66.2. The van der Waals surface area contributed by atoms with Gasteiger partial charge in [0.05, 0.1) is 26.4 Å². The molecule has 5 atom stereocenters. The van der Waals surface area contributed by atoms with Gasteiger partial charge in [0.15, 0.2) is 12.2 Å². The first-order valence-electron chi connectivity index (χ1n) is 37.5. The average molecular weight is 1350 g/mol. The summed E-state index contributed by atoms with van der Waals surface area (Å²) in [5.41, 5.74) is 0. The van der Waals surface area contributed by atoms with Crippen LogP contribution in [-0.4, -0.2) is 96.7 Å². The highest BCUT2D eigenvalue weighted by molar-refractivity contribution is 7.47. The summed E-state index contributed by atoms with van der Waals surface area (Å²) in [7, 11) is -9.91. The first-order chi connectivity index (χ1) is 44.5. The Morgan fingerprint density at radius 3 is 0.891 bits per heavy atom. The molecular weight excluding hydrogens is 1210 g/mol. The number of phosphoric ester groups is 2. The quantitative estimate of drug-likeness (QED) is 0.0169. The van der Waals surface area contributed by atoms with E-state index in [1.54, 1.807) is 0 Å². The van der Waals surface area contributed by atoms with E-state index >= 15 is 0 Å². The van der Waals surface area contributed by atoms with Crippen LogP contribution in [0.4, 0.5) is 0 Å². The number of carbonyl (C=O) groups excluding carboxylic acids is 4. The van der Waals surface area contributed by atoms with E-state index in [1.165, 1.54) is 148 Å². The molecule has 0 saturated heterocycles. The topological polar surface area (TPSA) is 237 Å². The number of phosphoric acid groups is 2. The number of carbonyl (C=O) groups is 4. The molecule has 0 radical (unpaired) electrons. The fourth-order valence-corrected chi connectivity index (χ4v) is 12.2. The van der Waals surface area contributed by atoms with Crippen molar-refractivity contribution in [2.24, 2.45) is 5.92 Å². The maximum Gasteiger partial charge on any atom is 0.472 e. The van der Waals surface area contributed by atoms with Gasteiger partial charge in [0, 0.05) is 25.7 Å². The molecule has 0 fully saturated rings. The monoisotopic (exact) mass is 1350 g/mol. The van der Waals surface area contributed by atoms with Crippen LogP contribution >= 0.6 is 15.6 Å². The zero-order valence-corrected chi connectivity index (χ0v) is 61.0. The summed E-state index contributed by atoms with van der Waals surface area (Å²) in [5.74, 6) is -1.42. The molecule has 0 bridgehead atoms. The molecule has 92 heavy (non-hydrogen) atoms. The normalized spacial score (nSPS) is 14.2. The van der Waals surface area contributed by atoms with Gasteiger partial charge in [-0.2, -0.15) is 0 Å². The lowest BCUT2D eigenvalue weighted by Crippen LogP contribution is -2.30. The molecule has 0 spiro atoms. The molecule has 17 nitrogen and oxygen atoms in total. The van der Waals surface area contributed by atoms with E-state index < -0.39 is 97.5 Å². The van der Waals surface area contributed by atoms with Crippen molar-refractivity contribution in [3.63, 3.8) is 0 Å². The molecule has 0 saturated carbocycles. The van der Waals surface area contributed by atoms with Crippen LogP contribution in [0.5, 0.6) is 0 Å². The summed E-state index contributed by atoms with van der Waals surface area (Å²) >= 11 is 0. The van der Waals surface area contributed by atoms with Crippen LogP contribution in [0.1, 0.15) is 356 Å².